The lowest BCUT2D eigenvalue weighted by atomic mass is 10.1. The van der Waals surface area contributed by atoms with Gasteiger partial charge in [-0.2, -0.15) is 0 Å². The minimum Gasteiger partial charge on any atom is -0.309 e. The monoisotopic (exact) mass is 360 g/mol. The summed E-state index contributed by atoms with van der Waals surface area (Å²) in [6.07, 6.45) is 0. The van der Waals surface area contributed by atoms with E-state index in [4.69, 9.17) is 0 Å². The van der Waals surface area contributed by atoms with Crippen LogP contribution in [0.1, 0.15) is 28.4 Å². The molecule has 2 aromatic rings. The minimum atomic E-state index is -3.60. The second-order valence-corrected chi connectivity index (χ2v) is 8.28. The lowest BCUT2D eigenvalue weighted by molar-refractivity contribution is 0.0988. The third-order valence-electron chi connectivity index (χ3n) is 4.07. The maximum Gasteiger partial charge on any atom is 0.258 e. The van der Waals surface area contributed by atoms with Gasteiger partial charge in [0.05, 0.1) is 4.90 Å². The van der Waals surface area contributed by atoms with Gasteiger partial charge < -0.3 is 4.90 Å². The number of aryl methyl sites for hydroxylation is 2. The number of sulfonamides is 1. The van der Waals surface area contributed by atoms with Crippen LogP contribution in [0.2, 0.25) is 0 Å². The Morgan fingerprint density at radius 2 is 1.72 bits per heavy atom. The molecule has 0 aliphatic rings. The van der Waals surface area contributed by atoms with Crippen molar-refractivity contribution < 1.29 is 13.2 Å². The average Bonchev–Trinajstić information content (AvgIpc) is 2.55. The maximum atomic E-state index is 13.0. The molecule has 6 heteroatoms. The summed E-state index contributed by atoms with van der Waals surface area (Å²) in [5.74, 6) is -0.219. The molecule has 2 aromatic carbocycles. The summed E-state index contributed by atoms with van der Waals surface area (Å²) in [6.45, 7) is 6.08. The molecule has 0 saturated heterocycles. The van der Waals surface area contributed by atoms with Crippen LogP contribution in [-0.2, 0) is 10.0 Å². The number of hydrogen-bond donors (Lipinski definition) is 0. The predicted molar refractivity (Wildman–Crippen MR) is 101 cm³/mol. The van der Waals surface area contributed by atoms with Crippen LogP contribution in [0.25, 0.3) is 0 Å². The summed E-state index contributed by atoms with van der Waals surface area (Å²) in [5, 5.41) is 0. The number of benzene rings is 2. The third-order valence-corrected chi connectivity index (χ3v) is 6.03. The molecule has 0 aromatic heterocycles. The predicted octanol–water partition coefficient (Wildman–Crippen LogP) is 3.22. The normalized spacial score (nSPS) is 11.6. The van der Waals surface area contributed by atoms with E-state index in [1.165, 1.54) is 20.2 Å². The van der Waals surface area contributed by atoms with Gasteiger partial charge in [-0.3, -0.25) is 4.79 Å². The second-order valence-electron chi connectivity index (χ2n) is 6.16. The van der Waals surface area contributed by atoms with E-state index in [0.29, 0.717) is 17.7 Å². The van der Waals surface area contributed by atoms with Crippen molar-refractivity contribution in [3.8, 4) is 0 Å². The summed E-state index contributed by atoms with van der Waals surface area (Å²) in [6, 6.07) is 12.5. The fourth-order valence-electron chi connectivity index (χ4n) is 2.60. The van der Waals surface area contributed by atoms with Crippen molar-refractivity contribution in [3.05, 3.63) is 59.2 Å². The average molecular weight is 360 g/mol. The van der Waals surface area contributed by atoms with E-state index in [0.717, 1.165) is 15.6 Å². The lowest BCUT2D eigenvalue weighted by Gasteiger charge is -2.22. The molecule has 1 amide bonds. The van der Waals surface area contributed by atoms with Crippen LogP contribution in [0.4, 0.5) is 5.69 Å². The van der Waals surface area contributed by atoms with Crippen molar-refractivity contribution in [2.75, 3.05) is 25.5 Å². The van der Waals surface area contributed by atoms with Gasteiger partial charge in [-0.05, 0) is 56.2 Å². The van der Waals surface area contributed by atoms with Gasteiger partial charge >= 0.3 is 0 Å². The molecule has 0 fully saturated rings. The number of amides is 1. The molecule has 134 valence electrons. The molecule has 25 heavy (non-hydrogen) atoms. The number of hydrogen-bond acceptors (Lipinski definition) is 3. The molecule has 2 rings (SSSR count). The van der Waals surface area contributed by atoms with E-state index in [-0.39, 0.29) is 10.8 Å². The summed E-state index contributed by atoms with van der Waals surface area (Å²) < 4.78 is 26.1. The Balaban J connectivity index is 2.49. The van der Waals surface area contributed by atoms with Crippen LogP contribution < -0.4 is 4.90 Å². The largest absolute Gasteiger partial charge is 0.309 e. The highest BCUT2D eigenvalue weighted by atomic mass is 32.2. The van der Waals surface area contributed by atoms with Gasteiger partial charge in [-0.25, -0.2) is 12.7 Å². The fourth-order valence-corrected chi connectivity index (χ4v) is 3.75. The molecule has 0 N–H and O–H groups in total. The van der Waals surface area contributed by atoms with Crippen molar-refractivity contribution >= 4 is 21.6 Å². The highest BCUT2D eigenvalue weighted by molar-refractivity contribution is 7.89. The summed E-state index contributed by atoms with van der Waals surface area (Å²) in [4.78, 5) is 14.8. The topological polar surface area (TPSA) is 57.7 Å². The zero-order chi connectivity index (χ0) is 18.8. The number of rotatable bonds is 5. The van der Waals surface area contributed by atoms with E-state index in [9.17, 15) is 13.2 Å². The van der Waals surface area contributed by atoms with Crippen LogP contribution in [0.15, 0.2) is 47.4 Å². The molecule has 0 heterocycles. The standard InChI is InChI=1S/C19H24N2O3S/c1-6-21(17-9-7-8-14(2)12-17)19(22)16-11-10-15(3)18(13-16)25(23,24)20(4)5/h7-13H,6H2,1-5H3. The molecule has 0 atom stereocenters. The van der Waals surface area contributed by atoms with Crippen LogP contribution in [-0.4, -0.2) is 39.3 Å². The Labute approximate surface area is 149 Å². The Kier molecular flexibility index (Phi) is 5.65. The van der Waals surface area contributed by atoms with E-state index in [1.807, 2.05) is 38.1 Å². The smallest absolute Gasteiger partial charge is 0.258 e. The lowest BCUT2D eigenvalue weighted by Crippen LogP contribution is -2.31. The Morgan fingerprint density at radius 3 is 2.28 bits per heavy atom. The van der Waals surface area contributed by atoms with Crippen LogP contribution >= 0.6 is 0 Å². The number of anilines is 1. The second kappa shape index (κ2) is 7.37. The van der Waals surface area contributed by atoms with Crippen molar-refractivity contribution in [2.45, 2.75) is 25.7 Å². The van der Waals surface area contributed by atoms with Crippen LogP contribution in [0, 0.1) is 13.8 Å². The van der Waals surface area contributed by atoms with Crippen molar-refractivity contribution in [2.24, 2.45) is 0 Å². The van der Waals surface area contributed by atoms with E-state index in [2.05, 4.69) is 0 Å². The molecule has 0 spiro atoms. The van der Waals surface area contributed by atoms with Gasteiger partial charge in [-0.15, -0.1) is 0 Å². The number of nitrogens with zero attached hydrogens (tertiary/aromatic N) is 2. The molecule has 0 saturated carbocycles. The third kappa shape index (κ3) is 3.91. The summed E-state index contributed by atoms with van der Waals surface area (Å²) in [5.41, 5.74) is 2.83. The first-order chi connectivity index (χ1) is 11.7. The van der Waals surface area contributed by atoms with Gasteiger partial charge in [0.1, 0.15) is 0 Å². The van der Waals surface area contributed by atoms with Gasteiger partial charge in [0.25, 0.3) is 5.91 Å². The Bertz CT molecular complexity index is 889. The number of carbonyl (C=O) groups is 1. The van der Waals surface area contributed by atoms with E-state index >= 15 is 0 Å². The summed E-state index contributed by atoms with van der Waals surface area (Å²) >= 11 is 0. The quantitative estimate of drug-likeness (QED) is 0.823. The van der Waals surface area contributed by atoms with Crippen molar-refractivity contribution in [1.29, 1.82) is 0 Å². The molecular formula is C19H24N2O3S. The van der Waals surface area contributed by atoms with Gasteiger partial charge in [-0.1, -0.05) is 18.2 Å². The molecule has 0 aliphatic carbocycles. The first kappa shape index (κ1) is 19.1. The first-order valence-corrected chi connectivity index (χ1v) is 9.54. The minimum absolute atomic E-state index is 0.156. The first-order valence-electron chi connectivity index (χ1n) is 8.10. The van der Waals surface area contributed by atoms with Gasteiger partial charge in [0.2, 0.25) is 10.0 Å². The van der Waals surface area contributed by atoms with E-state index < -0.39 is 10.0 Å². The summed E-state index contributed by atoms with van der Waals surface area (Å²) in [7, 11) is -0.644. The zero-order valence-electron chi connectivity index (χ0n) is 15.3. The van der Waals surface area contributed by atoms with Crippen molar-refractivity contribution in [3.63, 3.8) is 0 Å². The van der Waals surface area contributed by atoms with Crippen LogP contribution in [0.3, 0.4) is 0 Å². The van der Waals surface area contributed by atoms with Gasteiger partial charge in [0.15, 0.2) is 0 Å². The Hall–Kier alpha value is -2.18. The highest BCUT2D eigenvalue weighted by Gasteiger charge is 2.23. The number of carbonyl (C=O) groups excluding carboxylic acids is 1. The Morgan fingerprint density at radius 1 is 1.04 bits per heavy atom. The van der Waals surface area contributed by atoms with Crippen molar-refractivity contribution in [1.82, 2.24) is 4.31 Å². The fraction of sp³-hybridized carbons (Fsp3) is 0.316. The van der Waals surface area contributed by atoms with Gasteiger partial charge in [0, 0.05) is 31.9 Å². The molecule has 5 nitrogen and oxygen atoms in total. The SMILES string of the molecule is CCN(C(=O)c1ccc(C)c(S(=O)(=O)N(C)C)c1)c1cccc(C)c1. The van der Waals surface area contributed by atoms with Crippen LogP contribution in [0.5, 0.6) is 0 Å². The molecular weight excluding hydrogens is 336 g/mol. The highest BCUT2D eigenvalue weighted by Crippen LogP contribution is 2.23. The van der Waals surface area contributed by atoms with E-state index in [1.54, 1.807) is 24.0 Å². The molecule has 0 aliphatic heterocycles. The molecule has 0 unspecified atom stereocenters. The molecule has 0 bridgehead atoms. The zero-order valence-corrected chi connectivity index (χ0v) is 16.1. The molecule has 0 radical (unpaired) electrons. The maximum absolute atomic E-state index is 13.0.